The van der Waals surface area contributed by atoms with E-state index in [1.54, 1.807) is 17.9 Å². The predicted octanol–water partition coefficient (Wildman–Crippen LogP) is 8.57. The number of benzene rings is 2. The number of aliphatic hydroxyl groups excluding tert-OH is 1. The average Bonchev–Trinajstić information content (AvgIpc) is 3.60. The first kappa shape index (κ1) is 41.6. The number of aromatic hydroxyl groups is 1. The number of phenols is 1. The summed E-state index contributed by atoms with van der Waals surface area (Å²) in [5.74, 6) is 3.09. The molecule has 2 heterocycles. The maximum atomic E-state index is 11.2. The number of fused-ring (bicyclic) bond motifs is 2. The third kappa shape index (κ3) is 10.8. The zero-order chi connectivity index (χ0) is 38.7. The topological polar surface area (TPSA) is 117 Å². The normalized spacial score (nSPS) is 20.3. The van der Waals surface area contributed by atoms with Crippen LogP contribution in [0.1, 0.15) is 101 Å². The fourth-order valence-electron chi connectivity index (χ4n) is 7.62. The average molecular weight is 766 g/mol. The van der Waals surface area contributed by atoms with Gasteiger partial charge in [-0.25, -0.2) is 4.68 Å². The summed E-state index contributed by atoms with van der Waals surface area (Å²) in [6.07, 6.45) is 14.7. The van der Waals surface area contributed by atoms with Crippen molar-refractivity contribution >= 4 is 23.8 Å². The van der Waals surface area contributed by atoms with Crippen LogP contribution >= 0.6 is 11.6 Å². The third-order valence-corrected chi connectivity index (χ3v) is 11.2. The first-order valence-corrected chi connectivity index (χ1v) is 20.0. The van der Waals surface area contributed by atoms with Gasteiger partial charge in [0, 0.05) is 24.0 Å². The van der Waals surface area contributed by atoms with Crippen molar-refractivity contribution in [3.8, 4) is 23.0 Å². The summed E-state index contributed by atoms with van der Waals surface area (Å²) in [4.78, 5) is 0. The molecule has 1 fully saturated rings. The fourth-order valence-corrected chi connectivity index (χ4v) is 7.81. The van der Waals surface area contributed by atoms with Gasteiger partial charge in [-0.05, 0) is 106 Å². The van der Waals surface area contributed by atoms with Gasteiger partial charge in [0.25, 0.3) is 0 Å². The van der Waals surface area contributed by atoms with E-state index in [0.29, 0.717) is 62.0 Å². The predicted molar refractivity (Wildman–Crippen MR) is 214 cm³/mol. The summed E-state index contributed by atoms with van der Waals surface area (Å²) in [5.41, 5.74) is 4.68. The number of ether oxygens (including phenoxy) is 5. The lowest BCUT2D eigenvalue weighted by atomic mass is 9.57. The number of unbranched alkanes of at least 4 members (excludes halogenated alkanes) is 3. The molecule has 5 rings (SSSR count). The minimum Gasteiger partial charge on any atom is -0.507 e. The van der Waals surface area contributed by atoms with Crippen molar-refractivity contribution in [3.63, 3.8) is 0 Å². The molecule has 0 unspecified atom stereocenters. The zero-order valence-electron chi connectivity index (χ0n) is 33.0. The van der Waals surface area contributed by atoms with Crippen LogP contribution in [0.3, 0.4) is 0 Å². The zero-order valence-corrected chi connectivity index (χ0v) is 33.8. The Hall–Kier alpha value is -3.57. The number of phenolic OH excluding ortho intramolecular Hbond substituents is 1. The van der Waals surface area contributed by atoms with E-state index in [9.17, 15) is 10.2 Å². The molecule has 3 atom stereocenters. The number of nitrogens with zero attached hydrogens (tertiary/aromatic N) is 3. The largest absolute Gasteiger partial charge is 0.507 e. The molecular weight excluding hydrogens is 706 g/mol. The Labute approximate surface area is 326 Å². The van der Waals surface area contributed by atoms with Crippen molar-refractivity contribution in [3.05, 3.63) is 70.1 Å². The van der Waals surface area contributed by atoms with Gasteiger partial charge in [-0.3, -0.25) is 0 Å². The smallest absolute Gasteiger partial charge is 0.165 e. The summed E-state index contributed by atoms with van der Waals surface area (Å²) >= 11 is 5.72. The van der Waals surface area contributed by atoms with Gasteiger partial charge < -0.3 is 33.9 Å². The minimum absolute atomic E-state index is 0.154. The van der Waals surface area contributed by atoms with Gasteiger partial charge in [-0.15, -0.1) is 16.7 Å². The molecule has 1 aliphatic heterocycles. The number of allylic oxidation sites excluding steroid dienone is 2. The Balaban J connectivity index is 1.23. The number of hydrogen-bond donors (Lipinski definition) is 2. The van der Waals surface area contributed by atoms with Crippen LogP contribution in [-0.2, 0) is 35.5 Å². The van der Waals surface area contributed by atoms with Gasteiger partial charge in [0.15, 0.2) is 11.5 Å². The van der Waals surface area contributed by atoms with E-state index in [4.69, 9.17) is 35.3 Å². The van der Waals surface area contributed by atoms with Gasteiger partial charge in [0.2, 0.25) is 0 Å². The van der Waals surface area contributed by atoms with Crippen molar-refractivity contribution < 1.29 is 33.9 Å². The van der Waals surface area contributed by atoms with Crippen molar-refractivity contribution in [2.45, 2.75) is 111 Å². The monoisotopic (exact) mass is 765 g/mol. The van der Waals surface area contributed by atoms with E-state index in [2.05, 4.69) is 43.2 Å². The number of rotatable bonds is 20. The molecule has 3 aromatic rings. The lowest BCUT2D eigenvalue weighted by Gasteiger charge is -2.55. The standard InChI is InChI=1S/C43H60ClN3O7/c1-30(2)11-14-35-36(48)24-32(25-37(35)53-29-34-28-47(46-45-34)18-20-52-22-21-51-19-10-8-7-9-17-44)13-12-31-23-33-27-39-42(3,4)40(49)15-16-43(39,5)54-41(33)38(26-31)50-6/h11-13,23-26,28,39-40,48-49H,7-10,14-22,27,29H2,1-6H3/b13-12+/t39-,40-,43-/m1/s1. The molecule has 1 aromatic heterocycles. The van der Waals surface area contributed by atoms with Crippen molar-refractivity contribution in [1.29, 1.82) is 0 Å². The maximum absolute atomic E-state index is 11.2. The lowest BCUT2D eigenvalue weighted by Crippen LogP contribution is -2.58. The summed E-state index contributed by atoms with van der Waals surface area (Å²) in [6, 6.07) is 7.83. The second-order valence-corrected chi connectivity index (χ2v) is 16.1. The first-order chi connectivity index (χ1) is 25.9. The highest BCUT2D eigenvalue weighted by molar-refractivity contribution is 6.17. The fraction of sp³-hybridized carbons (Fsp3) is 0.581. The summed E-state index contributed by atoms with van der Waals surface area (Å²) < 4.78 is 32.0. The number of halogens is 1. The van der Waals surface area contributed by atoms with E-state index in [-0.39, 0.29) is 35.4 Å². The number of hydrogen-bond acceptors (Lipinski definition) is 9. The molecular formula is C43H60ClN3O7. The van der Waals surface area contributed by atoms with E-state index in [1.165, 1.54) is 0 Å². The molecule has 54 heavy (non-hydrogen) atoms. The number of alkyl halides is 1. The quantitative estimate of drug-likeness (QED) is 0.0505. The maximum Gasteiger partial charge on any atom is 0.165 e. The molecule has 1 aliphatic carbocycles. The van der Waals surface area contributed by atoms with Gasteiger partial charge >= 0.3 is 0 Å². The highest BCUT2D eigenvalue weighted by Crippen LogP contribution is 2.55. The molecule has 1 saturated carbocycles. The third-order valence-electron chi connectivity index (χ3n) is 10.9. The molecule has 2 aromatic carbocycles. The summed E-state index contributed by atoms with van der Waals surface area (Å²) in [6.45, 7) is 13.6. The van der Waals surface area contributed by atoms with Crippen LogP contribution in [-0.4, -0.2) is 76.3 Å². The highest BCUT2D eigenvalue weighted by Gasteiger charge is 2.54. The highest BCUT2D eigenvalue weighted by atomic mass is 35.5. The van der Waals surface area contributed by atoms with Crippen molar-refractivity contribution in [2.24, 2.45) is 11.3 Å². The van der Waals surface area contributed by atoms with Crippen LogP contribution in [0.5, 0.6) is 23.0 Å². The molecule has 0 radical (unpaired) electrons. The van der Waals surface area contributed by atoms with E-state index < -0.39 is 0 Å². The van der Waals surface area contributed by atoms with Crippen molar-refractivity contribution in [1.82, 2.24) is 15.0 Å². The van der Waals surface area contributed by atoms with Crippen LogP contribution in [0, 0.1) is 11.3 Å². The number of aliphatic hydroxyl groups is 1. The van der Waals surface area contributed by atoms with Crippen molar-refractivity contribution in [2.75, 3.05) is 39.4 Å². The number of methoxy groups -OCH3 is 1. The molecule has 0 amide bonds. The molecule has 2 aliphatic rings. The van der Waals surface area contributed by atoms with E-state index in [0.717, 1.165) is 79.0 Å². The Morgan fingerprint density at radius 1 is 0.981 bits per heavy atom. The summed E-state index contributed by atoms with van der Waals surface area (Å²) in [7, 11) is 1.67. The second-order valence-electron chi connectivity index (χ2n) is 15.7. The molecule has 296 valence electrons. The Morgan fingerprint density at radius 3 is 2.44 bits per heavy atom. The molecule has 0 saturated heterocycles. The first-order valence-electron chi connectivity index (χ1n) is 19.4. The molecule has 0 spiro atoms. The minimum atomic E-state index is -0.372. The molecule has 0 bridgehead atoms. The lowest BCUT2D eigenvalue weighted by molar-refractivity contribution is -0.138. The SMILES string of the molecule is COc1cc(/C=C/c2cc(O)c(CC=C(C)C)c(OCc3cn(CCOCCOCCCCCCCl)nn3)c2)cc2c1O[C@]1(C)CC[C@@H](O)C(C)(C)[C@H]1C2. The van der Waals surface area contributed by atoms with Gasteiger partial charge in [-0.2, -0.15) is 0 Å². The molecule has 11 heteroatoms. The van der Waals surface area contributed by atoms with Crippen LogP contribution in [0.2, 0.25) is 0 Å². The Bertz CT molecular complexity index is 1730. The second kappa shape index (κ2) is 19.3. The van der Waals surface area contributed by atoms with Crippen LogP contribution in [0.4, 0.5) is 0 Å². The van der Waals surface area contributed by atoms with Gasteiger partial charge in [0.1, 0.15) is 29.4 Å². The van der Waals surface area contributed by atoms with Gasteiger partial charge in [-0.1, -0.05) is 55.7 Å². The van der Waals surface area contributed by atoms with E-state index in [1.807, 2.05) is 44.3 Å². The van der Waals surface area contributed by atoms with Crippen LogP contribution < -0.4 is 14.2 Å². The molecule has 2 N–H and O–H groups in total. The van der Waals surface area contributed by atoms with Crippen LogP contribution in [0.15, 0.2) is 42.1 Å². The Kier molecular flexibility index (Phi) is 14.9. The molecule has 10 nitrogen and oxygen atoms in total. The summed E-state index contributed by atoms with van der Waals surface area (Å²) in [5, 5.41) is 30.6. The van der Waals surface area contributed by atoms with Gasteiger partial charge in [0.05, 0.1) is 45.8 Å². The number of aromatic nitrogens is 3. The Morgan fingerprint density at radius 2 is 1.70 bits per heavy atom. The van der Waals surface area contributed by atoms with E-state index >= 15 is 0 Å². The van der Waals surface area contributed by atoms with Crippen LogP contribution in [0.25, 0.3) is 12.2 Å².